The smallest absolute Gasteiger partial charge is 0.480 e. The number of carboxylic acids is 1. The standard InChI is InChI=1S/C25H37NO11/c1-7-32-22(29)35-17(6)11-25(26,21(27)28)12-18-8-9-19(36-23(30)33-13-15(2)3)20(10-18)37-24(31)34-14-16(4)5/h8-10,15-17H,7,11-14,26H2,1-6H3,(H,27,28)/t17-,25?/m0/s1. The molecule has 208 valence electrons. The summed E-state index contributed by atoms with van der Waals surface area (Å²) in [6.07, 6.45) is -4.35. The van der Waals surface area contributed by atoms with Crippen molar-refractivity contribution in [1.82, 2.24) is 0 Å². The first-order valence-corrected chi connectivity index (χ1v) is 11.9. The van der Waals surface area contributed by atoms with Gasteiger partial charge in [0.25, 0.3) is 0 Å². The van der Waals surface area contributed by atoms with E-state index in [-0.39, 0.29) is 56.0 Å². The Morgan fingerprint density at radius 2 is 1.41 bits per heavy atom. The van der Waals surface area contributed by atoms with Crippen molar-refractivity contribution in [2.24, 2.45) is 17.6 Å². The molecule has 12 heteroatoms. The maximum Gasteiger partial charge on any atom is 0.513 e. The molecule has 12 nitrogen and oxygen atoms in total. The summed E-state index contributed by atoms with van der Waals surface area (Å²) >= 11 is 0. The van der Waals surface area contributed by atoms with Gasteiger partial charge in [-0.3, -0.25) is 4.79 Å². The summed E-state index contributed by atoms with van der Waals surface area (Å²) in [5.74, 6) is -1.57. The van der Waals surface area contributed by atoms with Gasteiger partial charge in [0.1, 0.15) is 11.6 Å². The molecule has 1 rings (SSSR count). The van der Waals surface area contributed by atoms with E-state index >= 15 is 0 Å². The molecule has 0 spiro atoms. The van der Waals surface area contributed by atoms with E-state index in [0.29, 0.717) is 5.56 Å². The van der Waals surface area contributed by atoms with Crippen LogP contribution in [0.2, 0.25) is 0 Å². The van der Waals surface area contributed by atoms with Gasteiger partial charge in [0.05, 0.1) is 19.8 Å². The van der Waals surface area contributed by atoms with E-state index in [0.717, 1.165) is 0 Å². The highest BCUT2D eigenvalue weighted by atomic mass is 16.7. The van der Waals surface area contributed by atoms with Gasteiger partial charge in [-0.2, -0.15) is 0 Å². The second-order valence-corrected chi connectivity index (χ2v) is 9.35. The fraction of sp³-hybridized carbons (Fsp3) is 0.600. The fourth-order valence-electron chi connectivity index (χ4n) is 3.00. The molecular formula is C25H37NO11. The van der Waals surface area contributed by atoms with Crippen molar-refractivity contribution in [3.63, 3.8) is 0 Å². The van der Waals surface area contributed by atoms with Crippen molar-refractivity contribution < 1.29 is 52.7 Å². The van der Waals surface area contributed by atoms with Gasteiger partial charge in [-0.25, -0.2) is 14.4 Å². The highest BCUT2D eigenvalue weighted by Crippen LogP contribution is 2.31. The maximum atomic E-state index is 12.2. The van der Waals surface area contributed by atoms with Crippen LogP contribution in [0.4, 0.5) is 14.4 Å². The van der Waals surface area contributed by atoms with Crippen LogP contribution >= 0.6 is 0 Å². The van der Waals surface area contributed by atoms with Crippen molar-refractivity contribution in [2.45, 2.75) is 66.0 Å². The minimum Gasteiger partial charge on any atom is -0.480 e. The molecule has 1 aromatic rings. The number of carbonyl (C=O) groups excluding carboxylic acids is 3. The summed E-state index contributed by atoms with van der Waals surface area (Å²) in [6.45, 7) is 10.8. The Balaban J connectivity index is 3.16. The first-order chi connectivity index (χ1) is 17.2. The Morgan fingerprint density at radius 1 is 0.865 bits per heavy atom. The minimum absolute atomic E-state index is 0.0489. The van der Waals surface area contributed by atoms with Gasteiger partial charge in [-0.15, -0.1) is 0 Å². The third-order valence-electron chi connectivity index (χ3n) is 4.62. The first kappa shape index (κ1) is 31.5. The van der Waals surface area contributed by atoms with E-state index in [1.54, 1.807) is 6.92 Å². The summed E-state index contributed by atoms with van der Waals surface area (Å²) < 4.78 is 30.2. The van der Waals surface area contributed by atoms with Crippen LogP contribution in [0.5, 0.6) is 11.5 Å². The van der Waals surface area contributed by atoms with Crippen LogP contribution in [0.15, 0.2) is 18.2 Å². The zero-order chi connectivity index (χ0) is 28.2. The number of carboxylic acid groups (broad SMARTS) is 1. The largest absolute Gasteiger partial charge is 0.513 e. The summed E-state index contributed by atoms with van der Waals surface area (Å²) in [5, 5.41) is 9.81. The predicted molar refractivity (Wildman–Crippen MR) is 131 cm³/mol. The molecule has 0 radical (unpaired) electrons. The Labute approximate surface area is 216 Å². The summed E-state index contributed by atoms with van der Waals surface area (Å²) in [5.41, 5.74) is 4.65. The average Bonchev–Trinajstić information content (AvgIpc) is 2.77. The molecule has 0 fully saturated rings. The van der Waals surface area contributed by atoms with Gasteiger partial charge in [0.15, 0.2) is 11.5 Å². The van der Waals surface area contributed by atoms with Crippen LogP contribution in [0.25, 0.3) is 0 Å². The summed E-state index contributed by atoms with van der Waals surface area (Å²) in [6, 6.07) is 4.08. The lowest BCUT2D eigenvalue weighted by molar-refractivity contribution is -0.144. The van der Waals surface area contributed by atoms with Gasteiger partial charge in [-0.05, 0) is 43.4 Å². The van der Waals surface area contributed by atoms with Gasteiger partial charge >= 0.3 is 24.4 Å². The topological polar surface area (TPSA) is 170 Å². The third kappa shape index (κ3) is 11.8. The molecule has 0 aliphatic heterocycles. The molecule has 3 N–H and O–H groups in total. The fourth-order valence-corrected chi connectivity index (χ4v) is 3.00. The second kappa shape index (κ2) is 14.9. The zero-order valence-corrected chi connectivity index (χ0v) is 22.1. The molecule has 0 saturated heterocycles. The lowest BCUT2D eigenvalue weighted by atomic mass is 9.86. The minimum atomic E-state index is -1.86. The number of nitrogens with two attached hydrogens (primary N) is 1. The van der Waals surface area contributed by atoms with Crippen molar-refractivity contribution in [1.29, 1.82) is 0 Å². The molecule has 0 heterocycles. The predicted octanol–water partition coefficient (Wildman–Crippen LogP) is 4.31. The van der Waals surface area contributed by atoms with E-state index in [1.807, 2.05) is 27.7 Å². The van der Waals surface area contributed by atoms with Crippen LogP contribution in [0.3, 0.4) is 0 Å². The quantitative estimate of drug-likeness (QED) is 0.212. The maximum absolute atomic E-state index is 12.2. The molecule has 0 bridgehead atoms. The van der Waals surface area contributed by atoms with Crippen LogP contribution in [0, 0.1) is 11.8 Å². The van der Waals surface area contributed by atoms with Crippen molar-refractivity contribution in [3.05, 3.63) is 23.8 Å². The second-order valence-electron chi connectivity index (χ2n) is 9.35. The molecular weight excluding hydrogens is 490 g/mol. The molecule has 0 aliphatic rings. The lowest BCUT2D eigenvalue weighted by Crippen LogP contribution is -2.52. The number of ether oxygens (including phenoxy) is 6. The molecule has 0 amide bonds. The molecule has 0 aromatic heterocycles. The van der Waals surface area contributed by atoms with Gasteiger partial charge < -0.3 is 39.3 Å². The van der Waals surface area contributed by atoms with Crippen molar-refractivity contribution >= 4 is 24.4 Å². The number of benzene rings is 1. The monoisotopic (exact) mass is 527 g/mol. The summed E-state index contributed by atoms with van der Waals surface area (Å²) in [4.78, 5) is 47.9. The van der Waals surface area contributed by atoms with Crippen LogP contribution in [-0.4, -0.2) is 61.0 Å². The zero-order valence-electron chi connectivity index (χ0n) is 22.1. The molecule has 37 heavy (non-hydrogen) atoms. The lowest BCUT2D eigenvalue weighted by Gasteiger charge is -2.28. The molecule has 1 unspecified atom stereocenters. The Hall–Kier alpha value is -3.54. The number of hydrogen-bond donors (Lipinski definition) is 2. The van der Waals surface area contributed by atoms with Crippen LogP contribution in [-0.2, 0) is 30.2 Å². The highest BCUT2D eigenvalue weighted by molar-refractivity contribution is 5.79. The van der Waals surface area contributed by atoms with Crippen molar-refractivity contribution in [3.8, 4) is 11.5 Å². The van der Waals surface area contributed by atoms with Crippen molar-refractivity contribution in [2.75, 3.05) is 19.8 Å². The van der Waals surface area contributed by atoms with E-state index in [1.165, 1.54) is 25.1 Å². The first-order valence-electron chi connectivity index (χ1n) is 11.9. The van der Waals surface area contributed by atoms with E-state index < -0.39 is 36.1 Å². The Morgan fingerprint density at radius 3 is 1.89 bits per heavy atom. The van der Waals surface area contributed by atoms with Gasteiger partial charge in [0, 0.05) is 12.8 Å². The summed E-state index contributed by atoms with van der Waals surface area (Å²) in [7, 11) is 0. The van der Waals surface area contributed by atoms with E-state index in [9.17, 15) is 24.3 Å². The van der Waals surface area contributed by atoms with E-state index in [4.69, 9.17) is 34.2 Å². The molecule has 0 aliphatic carbocycles. The highest BCUT2D eigenvalue weighted by Gasteiger charge is 2.37. The molecule has 2 atom stereocenters. The molecule has 0 saturated carbocycles. The van der Waals surface area contributed by atoms with Crippen LogP contribution in [0.1, 0.15) is 53.5 Å². The number of hydrogen-bond acceptors (Lipinski definition) is 11. The van der Waals surface area contributed by atoms with E-state index in [2.05, 4.69) is 0 Å². The van der Waals surface area contributed by atoms with Crippen LogP contribution < -0.4 is 15.2 Å². The Kier molecular flexibility index (Phi) is 12.7. The van der Waals surface area contributed by atoms with Gasteiger partial charge in [-0.1, -0.05) is 33.8 Å². The van der Waals surface area contributed by atoms with Gasteiger partial charge in [0.2, 0.25) is 0 Å². The third-order valence-corrected chi connectivity index (χ3v) is 4.62. The number of carbonyl (C=O) groups is 4. The number of aliphatic carboxylic acids is 1. The number of rotatable bonds is 13. The SMILES string of the molecule is CCOC(=O)O[C@@H](C)CC(N)(Cc1ccc(OC(=O)OCC(C)C)c(OC(=O)OCC(C)C)c1)C(=O)O. The normalized spacial score (nSPS) is 13.3. The Bertz CT molecular complexity index is 931. The molecule has 1 aromatic carbocycles. The average molecular weight is 528 g/mol.